The summed E-state index contributed by atoms with van der Waals surface area (Å²) in [4.78, 5) is 10.6. The fourth-order valence-corrected chi connectivity index (χ4v) is 1.29. The predicted octanol–water partition coefficient (Wildman–Crippen LogP) is 2.39. The molecule has 1 aromatic rings. The van der Waals surface area contributed by atoms with Crippen molar-refractivity contribution in [1.29, 1.82) is 0 Å². The lowest BCUT2D eigenvalue weighted by atomic mass is 10.1. The summed E-state index contributed by atoms with van der Waals surface area (Å²) in [6, 6.07) is 5.94. The van der Waals surface area contributed by atoms with Crippen LogP contribution in [0.4, 0.5) is 8.78 Å². The molecule has 1 aliphatic carbocycles. The molecule has 1 fully saturated rings. The van der Waals surface area contributed by atoms with Crippen molar-refractivity contribution in [2.75, 3.05) is 0 Å². The zero-order valence-electron chi connectivity index (χ0n) is 9.21. The number of carboxylic acid groups (broad SMARTS) is 1. The maximum Gasteiger partial charge on any atom is 0.335 e. The van der Waals surface area contributed by atoms with Crippen LogP contribution in [0.1, 0.15) is 22.3 Å². The minimum atomic E-state index is -2.64. The normalized spacial score (nSPS) is 18.9. The van der Waals surface area contributed by atoms with Gasteiger partial charge in [0.05, 0.1) is 11.5 Å². The highest BCUT2D eigenvalue weighted by atomic mass is 19.3. The summed E-state index contributed by atoms with van der Waals surface area (Å²) in [5.41, 5.74) is 0.765. The third-order valence-corrected chi connectivity index (χ3v) is 2.47. The monoisotopic (exact) mass is 246 g/mol. The quantitative estimate of drug-likeness (QED) is 0.772. The Balaban J connectivity index is 2.00. The molecule has 2 nitrogen and oxygen atoms in total. The van der Waals surface area contributed by atoms with E-state index in [1.54, 1.807) is 12.1 Å². The molecule has 0 spiro atoms. The van der Waals surface area contributed by atoms with E-state index >= 15 is 0 Å². The van der Waals surface area contributed by atoms with Crippen LogP contribution >= 0.6 is 0 Å². The molecule has 4 heteroatoms. The van der Waals surface area contributed by atoms with Crippen molar-refractivity contribution in [3.05, 3.63) is 35.4 Å². The van der Waals surface area contributed by atoms with Gasteiger partial charge in [0.25, 0.3) is 5.92 Å². The number of hydrogen-bond acceptors (Lipinski definition) is 1. The van der Waals surface area contributed by atoms with Gasteiger partial charge in [0.1, 0.15) is 0 Å². The van der Waals surface area contributed by atoms with Crippen LogP contribution in [0.5, 0.6) is 0 Å². The molecule has 1 aliphatic rings. The van der Waals surface area contributed by atoms with E-state index in [0.717, 1.165) is 0 Å². The fraction of sp³-hybridized carbons (Fsp3) is 0.214. The van der Waals surface area contributed by atoms with E-state index < -0.39 is 17.8 Å². The topological polar surface area (TPSA) is 37.3 Å². The first kappa shape index (κ1) is 12.1. The van der Waals surface area contributed by atoms with E-state index in [2.05, 4.69) is 23.7 Å². The molecule has 0 radical (unpaired) electrons. The average molecular weight is 246 g/mol. The highest BCUT2D eigenvalue weighted by Gasteiger charge is 2.56. The summed E-state index contributed by atoms with van der Waals surface area (Å²) in [7, 11) is 0. The fourth-order valence-electron chi connectivity index (χ4n) is 1.29. The molecule has 18 heavy (non-hydrogen) atoms. The van der Waals surface area contributed by atoms with Gasteiger partial charge >= 0.3 is 5.97 Å². The molecule has 1 saturated carbocycles. The van der Waals surface area contributed by atoms with Crippen molar-refractivity contribution in [3.63, 3.8) is 0 Å². The third kappa shape index (κ3) is 2.87. The molecular formula is C14H8F2O2. The number of rotatable bonds is 1. The molecule has 0 heterocycles. The number of carboxylic acids is 1. The second-order valence-corrected chi connectivity index (χ2v) is 3.92. The lowest BCUT2D eigenvalue weighted by Gasteiger charge is -1.92. The van der Waals surface area contributed by atoms with E-state index in [0.29, 0.717) is 5.56 Å². The maximum absolute atomic E-state index is 12.5. The molecule has 1 N–H and O–H groups in total. The van der Waals surface area contributed by atoms with Crippen molar-refractivity contribution >= 4 is 5.97 Å². The molecule has 0 amide bonds. The van der Waals surface area contributed by atoms with Crippen LogP contribution in [0.25, 0.3) is 0 Å². The van der Waals surface area contributed by atoms with Crippen LogP contribution < -0.4 is 0 Å². The molecule has 0 aliphatic heterocycles. The SMILES string of the molecule is O=C(O)c1ccc(C#CC#CC2CC2(F)F)cc1. The molecule has 0 bridgehead atoms. The molecular weight excluding hydrogens is 238 g/mol. The van der Waals surface area contributed by atoms with Gasteiger partial charge in [0.2, 0.25) is 0 Å². The first-order chi connectivity index (χ1) is 8.49. The third-order valence-electron chi connectivity index (χ3n) is 2.47. The molecule has 1 unspecified atom stereocenters. The lowest BCUT2D eigenvalue weighted by Crippen LogP contribution is -1.94. The number of halogens is 2. The van der Waals surface area contributed by atoms with Crippen molar-refractivity contribution in [2.24, 2.45) is 5.92 Å². The van der Waals surface area contributed by atoms with Gasteiger partial charge in [-0.3, -0.25) is 0 Å². The smallest absolute Gasteiger partial charge is 0.335 e. The van der Waals surface area contributed by atoms with Crippen molar-refractivity contribution in [1.82, 2.24) is 0 Å². The van der Waals surface area contributed by atoms with Gasteiger partial charge in [0, 0.05) is 12.0 Å². The van der Waals surface area contributed by atoms with Gasteiger partial charge in [-0.25, -0.2) is 13.6 Å². The number of alkyl halides is 2. The van der Waals surface area contributed by atoms with E-state index in [-0.39, 0.29) is 12.0 Å². The Morgan fingerprint density at radius 2 is 1.89 bits per heavy atom. The summed E-state index contributed by atoms with van der Waals surface area (Å²) in [6.07, 6.45) is -0.186. The number of hydrogen-bond donors (Lipinski definition) is 1. The van der Waals surface area contributed by atoms with Crippen LogP contribution in [0, 0.1) is 29.6 Å². The van der Waals surface area contributed by atoms with E-state index in [4.69, 9.17) is 5.11 Å². The zero-order valence-corrected chi connectivity index (χ0v) is 9.21. The van der Waals surface area contributed by atoms with Crippen molar-refractivity contribution in [3.8, 4) is 23.7 Å². The first-order valence-electron chi connectivity index (χ1n) is 5.22. The Kier molecular flexibility index (Phi) is 3.04. The van der Waals surface area contributed by atoms with Gasteiger partial charge < -0.3 is 5.11 Å². The highest BCUT2D eigenvalue weighted by Crippen LogP contribution is 2.47. The maximum atomic E-state index is 12.5. The largest absolute Gasteiger partial charge is 0.478 e. The van der Waals surface area contributed by atoms with Gasteiger partial charge in [-0.2, -0.15) is 0 Å². The van der Waals surface area contributed by atoms with E-state index in [9.17, 15) is 13.6 Å². The first-order valence-corrected chi connectivity index (χ1v) is 5.22. The Morgan fingerprint density at radius 1 is 1.28 bits per heavy atom. The zero-order chi connectivity index (χ0) is 13.2. The van der Waals surface area contributed by atoms with Crippen LogP contribution in [0.2, 0.25) is 0 Å². The summed E-state index contributed by atoms with van der Waals surface area (Å²) in [5.74, 6) is 5.38. The molecule has 2 rings (SSSR count). The van der Waals surface area contributed by atoms with E-state index in [1.807, 2.05) is 0 Å². The van der Waals surface area contributed by atoms with Gasteiger partial charge in [0.15, 0.2) is 0 Å². The van der Waals surface area contributed by atoms with Gasteiger partial charge in [-0.1, -0.05) is 11.8 Å². The summed E-state index contributed by atoms with van der Waals surface area (Å²) < 4.78 is 24.9. The molecule has 90 valence electrons. The second kappa shape index (κ2) is 4.50. The molecule has 0 saturated heterocycles. The van der Waals surface area contributed by atoms with Crippen molar-refractivity contribution < 1.29 is 18.7 Å². The van der Waals surface area contributed by atoms with Crippen molar-refractivity contribution in [2.45, 2.75) is 12.3 Å². The molecule has 1 aromatic carbocycles. The lowest BCUT2D eigenvalue weighted by molar-refractivity contribution is 0.0696. The number of carbonyl (C=O) groups is 1. The van der Waals surface area contributed by atoms with Gasteiger partial charge in [-0.05, 0) is 36.1 Å². The molecule has 1 atom stereocenters. The van der Waals surface area contributed by atoms with Crippen LogP contribution in [0.15, 0.2) is 24.3 Å². The van der Waals surface area contributed by atoms with E-state index in [1.165, 1.54) is 12.1 Å². The second-order valence-electron chi connectivity index (χ2n) is 3.92. The highest BCUT2D eigenvalue weighted by molar-refractivity contribution is 5.87. The number of benzene rings is 1. The van der Waals surface area contributed by atoms with Crippen LogP contribution in [0.3, 0.4) is 0 Å². The minimum absolute atomic E-state index is 0.171. The Morgan fingerprint density at radius 3 is 2.39 bits per heavy atom. The summed E-state index contributed by atoms with van der Waals surface area (Å²) in [5, 5.41) is 8.68. The standard InChI is InChI=1S/C14H8F2O2/c15-14(16)9-12(14)4-2-1-3-10-5-7-11(8-6-10)13(17)18/h5-8,12H,9H2,(H,17,18). The Bertz CT molecular complexity index is 595. The average Bonchev–Trinajstić information content (AvgIpc) is 2.93. The minimum Gasteiger partial charge on any atom is -0.478 e. The summed E-state index contributed by atoms with van der Waals surface area (Å²) in [6.45, 7) is 0. The van der Waals surface area contributed by atoms with Crippen LogP contribution in [-0.4, -0.2) is 17.0 Å². The predicted molar refractivity (Wildman–Crippen MR) is 61.1 cm³/mol. The van der Waals surface area contributed by atoms with Gasteiger partial charge in [-0.15, -0.1) is 0 Å². The summed E-state index contributed by atoms with van der Waals surface area (Å²) >= 11 is 0. The number of aromatic carboxylic acids is 1. The van der Waals surface area contributed by atoms with Crippen LogP contribution in [-0.2, 0) is 0 Å². The Labute approximate surface area is 103 Å². The Hall–Kier alpha value is -2.33. The molecule has 0 aromatic heterocycles.